The Morgan fingerprint density at radius 2 is 1.84 bits per heavy atom. The first-order valence-electron chi connectivity index (χ1n) is 11.5. The number of ether oxygens (including phenoxy) is 1. The van der Waals surface area contributed by atoms with Crippen LogP contribution in [0.25, 0.3) is 0 Å². The molecule has 7 nitrogen and oxygen atoms in total. The van der Waals surface area contributed by atoms with E-state index in [1.54, 1.807) is 62.5 Å². The van der Waals surface area contributed by atoms with Gasteiger partial charge >= 0.3 is 0 Å². The molecule has 0 aliphatic rings. The molecule has 0 bridgehead atoms. The lowest BCUT2D eigenvalue weighted by molar-refractivity contribution is -0.132. The average Bonchev–Trinajstić information content (AvgIpc) is 2.84. The van der Waals surface area contributed by atoms with E-state index in [9.17, 15) is 22.4 Å². The Morgan fingerprint density at radius 3 is 2.50 bits per heavy atom. The molecule has 1 N–H and O–H groups in total. The number of carbonyl (C=O) groups is 2. The summed E-state index contributed by atoms with van der Waals surface area (Å²) in [5.41, 5.74) is 1.33. The molecule has 3 aromatic carbocycles. The number of hydrogen-bond donors (Lipinski definition) is 1. The zero-order valence-electron chi connectivity index (χ0n) is 21.0. The summed E-state index contributed by atoms with van der Waals surface area (Å²) in [6.45, 7) is 1.69. The third-order valence-electron chi connectivity index (χ3n) is 5.67. The normalized spacial score (nSPS) is 12.1. The first kappa shape index (κ1) is 29.6. The van der Waals surface area contributed by atoms with Crippen molar-refractivity contribution < 1.29 is 27.1 Å². The minimum absolute atomic E-state index is 0.0752. The second-order valence-corrected chi connectivity index (χ2v) is 12.4. The predicted molar refractivity (Wildman–Crippen MR) is 149 cm³/mol. The van der Waals surface area contributed by atoms with Gasteiger partial charge in [-0.25, -0.2) is 12.8 Å². The molecule has 1 atom stereocenters. The van der Waals surface area contributed by atoms with Crippen molar-refractivity contribution in [3.05, 3.63) is 92.7 Å². The first-order chi connectivity index (χ1) is 17.8. The third-order valence-corrected chi connectivity index (χ3v) is 7.57. The van der Waals surface area contributed by atoms with Gasteiger partial charge in [0.15, 0.2) is 0 Å². The van der Waals surface area contributed by atoms with Crippen molar-refractivity contribution in [2.75, 3.05) is 19.1 Å². The Balaban J connectivity index is 1.83. The van der Waals surface area contributed by atoms with Gasteiger partial charge in [0.25, 0.3) is 5.91 Å². The summed E-state index contributed by atoms with van der Waals surface area (Å²) in [6, 6.07) is 14.9. The Kier molecular flexibility index (Phi) is 9.92. The lowest BCUT2D eigenvalue weighted by atomic mass is 10.1. The number of rotatable bonds is 10. The molecule has 0 radical (unpaired) electrons. The van der Waals surface area contributed by atoms with Crippen molar-refractivity contribution in [3.63, 3.8) is 0 Å². The second kappa shape index (κ2) is 12.7. The zero-order chi connectivity index (χ0) is 28.0. The number of nitrogens with one attached hydrogen (secondary N) is 1. The van der Waals surface area contributed by atoms with E-state index in [-0.39, 0.29) is 24.5 Å². The number of carbonyl (C=O) groups excluding carboxylic acids is 2. The molecule has 0 aliphatic heterocycles. The second-order valence-electron chi connectivity index (χ2n) is 8.88. The molecule has 38 heavy (non-hydrogen) atoms. The molecule has 0 saturated heterocycles. The highest BCUT2D eigenvalue weighted by Crippen LogP contribution is 2.30. The molecule has 3 aromatic rings. The summed E-state index contributed by atoms with van der Waals surface area (Å²) in [6.07, 6.45) is 0.972. The molecular formula is C27H27BrClFN2O5S. The third kappa shape index (κ3) is 8.28. The highest BCUT2D eigenvalue weighted by atomic mass is 79.9. The molecule has 0 spiro atoms. The quantitative estimate of drug-likeness (QED) is 0.320. The summed E-state index contributed by atoms with van der Waals surface area (Å²) in [7, 11) is -1.85. The van der Waals surface area contributed by atoms with Gasteiger partial charge in [0, 0.05) is 34.9 Å². The number of aryl methyl sites for hydroxylation is 1. The fourth-order valence-electron chi connectivity index (χ4n) is 3.63. The molecule has 0 heterocycles. The van der Waals surface area contributed by atoms with Crippen LogP contribution in [0.1, 0.15) is 27.9 Å². The molecule has 0 fully saturated rings. The van der Waals surface area contributed by atoms with Crippen LogP contribution in [0, 0.1) is 12.7 Å². The number of halogens is 3. The van der Waals surface area contributed by atoms with Crippen LogP contribution >= 0.6 is 27.5 Å². The van der Waals surface area contributed by atoms with Gasteiger partial charge in [0.05, 0.1) is 11.3 Å². The molecule has 11 heteroatoms. The van der Waals surface area contributed by atoms with Crippen LogP contribution in [0.5, 0.6) is 11.5 Å². The van der Waals surface area contributed by atoms with Gasteiger partial charge < -0.3 is 15.0 Å². The van der Waals surface area contributed by atoms with Gasteiger partial charge in [-0.05, 0) is 77.3 Å². The molecule has 3 rings (SSSR count). The lowest BCUT2D eigenvalue weighted by Crippen LogP contribution is -2.48. The molecule has 202 valence electrons. The minimum Gasteiger partial charge on any atom is -0.457 e. The topological polar surface area (TPSA) is 92.8 Å². The van der Waals surface area contributed by atoms with Crippen molar-refractivity contribution >= 4 is 49.2 Å². The molecule has 0 aliphatic carbocycles. The predicted octanol–water partition coefficient (Wildman–Crippen LogP) is 5.53. The van der Waals surface area contributed by atoms with E-state index in [4.69, 9.17) is 16.3 Å². The van der Waals surface area contributed by atoms with Crippen LogP contribution in [0.3, 0.4) is 0 Å². The van der Waals surface area contributed by atoms with E-state index in [0.29, 0.717) is 37.7 Å². The van der Waals surface area contributed by atoms with Gasteiger partial charge in [0.1, 0.15) is 33.2 Å². The van der Waals surface area contributed by atoms with Crippen molar-refractivity contribution in [2.24, 2.45) is 0 Å². The van der Waals surface area contributed by atoms with E-state index in [0.717, 1.165) is 6.26 Å². The van der Waals surface area contributed by atoms with Crippen LogP contribution in [0.15, 0.2) is 65.1 Å². The van der Waals surface area contributed by atoms with E-state index in [2.05, 4.69) is 21.2 Å². The summed E-state index contributed by atoms with van der Waals surface area (Å²) >= 11 is 9.49. The number of sulfone groups is 1. The van der Waals surface area contributed by atoms with Crippen LogP contribution in [0.4, 0.5) is 4.39 Å². The maximum atomic E-state index is 13.7. The highest BCUT2D eigenvalue weighted by Gasteiger charge is 2.27. The smallest absolute Gasteiger partial charge is 0.253 e. The SMILES string of the molecule is Cc1cc(Oc2cc(Cl)ccc2CN(C)C(=O)C(CCS(C)(=O)=O)NC(=O)c2ccccc2Br)ccc1F. The van der Waals surface area contributed by atoms with E-state index >= 15 is 0 Å². The van der Waals surface area contributed by atoms with Gasteiger partial charge in [-0.3, -0.25) is 9.59 Å². The van der Waals surface area contributed by atoms with Crippen molar-refractivity contribution in [1.29, 1.82) is 0 Å². The highest BCUT2D eigenvalue weighted by molar-refractivity contribution is 9.10. The van der Waals surface area contributed by atoms with Crippen molar-refractivity contribution in [1.82, 2.24) is 10.2 Å². The number of likely N-dealkylation sites (N-methyl/N-ethyl adjacent to an activating group) is 1. The van der Waals surface area contributed by atoms with Gasteiger partial charge in [-0.1, -0.05) is 29.8 Å². The standard InChI is InChI=1S/C27H27BrClFN2O5S/c1-17-14-20(10-11-23(17)30)37-25-15-19(29)9-8-18(25)16-32(2)27(34)24(12-13-38(3,35)36)31-26(33)21-6-4-5-7-22(21)28/h4-11,14-15,24H,12-13,16H2,1-3H3,(H,31,33). The molecule has 0 saturated carbocycles. The van der Waals surface area contributed by atoms with Gasteiger partial charge in [0.2, 0.25) is 5.91 Å². The fourth-order valence-corrected chi connectivity index (χ4v) is 4.92. The fraction of sp³-hybridized carbons (Fsp3) is 0.259. The minimum atomic E-state index is -3.39. The summed E-state index contributed by atoms with van der Waals surface area (Å²) in [4.78, 5) is 27.7. The number of hydrogen-bond acceptors (Lipinski definition) is 5. The maximum absolute atomic E-state index is 13.7. The van der Waals surface area contributed by atoms with Gasteiger partial charge in [-0.15, -0.1) is 0 Å². The van der Waals surface area contributed by atoms with E-state index in [1.165, 1.54) is 17.0 Å². The zero-order valence-corrected chi connectivity index (χ0v) is 24.2. The van der Waals surface area contributed by atoms with Crippen LogP contribution in [-0.2, 0) is 21.2 Å². The Labute approximate surface area is 235 Å². The maximum Gasteiger partial charge on any atom is 0.253 e. The first-order valence-corrected chi connectivity index (χ1v) is 14.8. The summed E-state index contributed by atoms with van der Waals surface area (Å²) in [5, 5.41) is 3.08. The lowest BCUT2D eigenvalue weighted by Gasteiger charge is -2.25. The Hall–Kier alpha value is -2.95. The molecule has 0 aromatic heterocycles. The van der Waals surface area contributed by atoms with Crippen molar-refractivity contribution in [3.8, 4) is 11.5 Å². The van der Waals surface area contributed by atoms with Crippen LogP contribution in [0.2, 0.25) is 5.02 Å². The molecule has 2 amide bonds. The van der Waals surface area contributed by atoms with Crippen molar-refractivity contribution in [2.45, 2.75) is 25.9 Å². The summed E-state index contributed by atoms with van der Waals surface area (Å²) in [5.74, 6) is -0.875. The average molecular weight is 626 g/mol. The summed E-state index contributed by atoms with van der Waals surface area (Å²) < 4.78 is 43.8. The number of amides is 2. The van der Waals surface area contributed by atoms with Crippen LogP contribution in [-0.4, -0.2) is 50.2 Å². The molecular weight excluding hydrogens is 599 g/mol. The number of benzene rings is 3. The van der Waals surface area contributed by atoms with Crippen LogP contribution < -0.4 is 10.1 Å². The number of nitrogens with zero attached hydrogens (tertiary/aromatic N) is 1. The van der Waals surface area contributed by atoms with E-state index in [1.807, 2.05) is 0 Å². The Morgan fingerprint density at radius 1 is 1.13 bits per heavy atom. The monoisotopic (exact) mass is 624 g/mol. The largest absolute Gasteiger partial charge is 0.457 e. The van der Waals surface area contributed by atoms with Gasteiger partial charge in [-0.2, -0.15) is 0 Å². The van der Waals surface area contributed by atoms with E-state index < -0.39 is 27.7 Å². The Bertz CT molecular complexity index is 1450. The molecule has 1 unspecified atom stereocenters.